The van der Waals surface area contributed by atoms with Crippen molar-refractivity contribution in [2.75, 3.05) is 13.2 Å². The first-order valence-electron chi connectivity index (χ1n) is 4.47. The first-order valence-corrected chi connectivity index (χ1v) is 4.47. The second-order valence-corrected chi connectivity index (χ2v) is 4.55. The highest BCUT2D eigenvalue weighted by Crippen LogP contribution is 2.62. The number of rotatable bonds is 0. The molecule has 5 aliphatic rings. The van der Waals surface area contributed by atoms with Crippen LogP contribution in [0.25, 0.3) is 0 Å². The van der Waals surface area contributed by atoms with Crippen LogP contribution in [0.3, 0.4) is 0 Å². The average molecular weight is 182 g/mol. The van der Waals surface area contributed by atoms with Crippen molar-refractivity contribution in [3.8, 4) is 0 Å². The summed E-state index contributed by atoms with van der Waals surface area (Å²) in [5, 5.41) is 0. The molecular weight excluding hydrogens is 172 g/mol. The standard InChI is InChI=1S/C9H10O4/c10-6-1-9-2-8(3-9,4-12-6)5-13-7(9)11/h1-5H2. The third-order valence-corrected chi connectivity index (χ3v) is 3.39. The average Bonchev–Trinajstić information content (AvgIpc) is 2.23. The minimum Gasteiger partial charge on any atom is -0.465 e. The summed E-state index contributed by atoms with van der Waals surface area (Å²) in [4.78, 5) is 22.6. The monoisotopic (exact) mass is 182 g/mol. The Morgan fingerprint density at radius 3 is 2.54 bits per heavy atom. The van der Waals surface area contributed by atoms with Gasteiger partial charge in [0.25, 0.3) is 0 Å². The fraction of sp³-hybridized carbons (Fsp3) is 0.778. The van der Waals surface area contributed by atoms with Gasteiger partial charge in [0, 0.05) is 5.41 Å². The molecule has 0 radical (unpaired) electrons. The Kier molecular flexibility index (Phi) is 1.07. The molecule has 5 rings (SSSR count). The van der Waals surface area contributed by atoms with Gasteiger partial charge in [0.1, 0.15) is 13.2 Å². The molecule has 1 saturated carbocycles. The molecule has 4 heterocycles. The summed E-state index contributed by atoms with van der Waals surface area (Å²) >= 11 is 0. The Balaban J connectivity index is 2.00. The van der Waals surface area contributed by atoms with Gasteiger partial charge < -0.3 is 9.47 Å². The van der Waals surface area contributed by atoms with Crippen molar-refractivity contribution < 1.29 is 19.1 Å². The van der Waals surface area contributed by atoms with Gasteiger partial charge in [-0.25, -0.2) is 0 Å². The van der Waals surface area contributed by atoms with Crippen LogP contribution < -0.4 is 0 Å². The maximum atomic E-state index is 11.4. The zero-order chi connectivity index (χ0) is 9.10. The molecule has 0 aromatic rings. The molecule has 4 saturated heterocycles. The lowest BCUT2D eigenvalue weighted by molar-refractivity contribution is -0.206. The van der Waals surface area contributed by atoms with Gasteiger partial charge in [0.2, 0.25) is 0 Å². The first kappa shape index (κ1) is 7.35. The Hall–Kier alpha value is -1.06. The van der Waals surface area contributed by atoms with Gasteiger partial charge in [-0.3, -0.25) is 9.59 Å². The van der Waals surface area contributed by atoms with Gasteiger partial charge in [0.05, 0.1) is 11.8 Å². The number of hydrogen-bond donors (Lipinski definition) is 0. The lowest BCUT2D eigenvalue weighted by Gasteiger charge is -2.55. The molecule has 0 atom stereocenters. The molecule has 0 aromatic heterocycles. The maximum Gasteiger partial charge on any atom is 0.312 e. The van der Waals surface area contributed by atoms with E-state index in [9.17, 15) is 9.59 Å². The van der Waals surface area contributed by atoms with Gasteiger partial charge in [0.15, 0.2) is 0 Å². The van der Waals surface area contributed by atoms with Crippen LogP contribution in [0.15, 0.2) is 0 Å². The van der Waals surface area contributed by atoms with Crippen LogP contribution in [0.4, 0.5) is 0 Å². The molecule has 0 N–H and O–H groups in total. The minimum atomic E-state index is -0.508. The Morgan fingerprint density at radius 2 is 1.77 bits per heavy atom. The largest absolute Gasteiger partial charge is 0.465 e. The van der Waals surface area contributed by atoms with E-state index in [-0.39, 0.29) is 23.8 Å². The molecule has 70 valence electrons. The van der Waals surface area contributed by atoms with E-state index < -0.39 is 5.41 Å². The topological polar surface area (TPSA) is 52.6 Å². The van der Waals surface area contributed by atoms with E-state index in [0.717, 1.165) is 12.8 Å². The smallest absolute Gasteiger partial charge is 0.312 e. The van der Waals surface area contributed by atoms with Crippen molar-refractivity contribution in [2.24, 2.45) is 10.8 Å². The lowest BCUT2D eigenvalue weighted by Crippen LogP contribution is -2.59. The normalized spacial score (nSPS) is 47.1. The van der Waals surface area contributed by atoms with Gasteiger partial charge in [-0.1, -0.05) is 0 Å². The summed E-state index contributed by atoms with van der Waals surface area (Å²) in [5.74, 6) is -0.452. The maximum absolute atomic E-state index is 11.4. The summed E-state index contributed by atoms with van der Waals surface area (Å²) in [5.41, 5.74) is -0.536. The van der Waals surface area contributed by atoms with E-state index >= 15 is 0 Å². The highest BCUT2D eigenvalue weighted by Gasteiger charge is 2.66. The molecule has 2 bridgehead atoms. The molecule has 0 unspecified atom stereocenters. The highest BCUT2D eigenvalue weighted by atomic mass is 16.6. The Morgan fingerprint density at radius 1 is 1.08 bits per heavy atom. The highest BCUT2D eigenvalue weighted by molar-refractivity contribution is 5.86. The van der Waals surface area contributed by atoms with Crippen molar-refractivity contribution in [1.82, 2.24) is 0 Å². The molecule has 0 aromatic carbocycles. The number of hydrogen-bond acceptors (Lipinski definition) is 4. The predicted molar refractivity (Wildman–Crippen MR) is 40.6 cm³/mol. The molecule has 4 heteroatoms. The van der Waals surface area contributed by atoms with E-state index in [0.29, 0.717) is 13.2 Å². The number of ether oxygens (including phenoxy) is 2. The quantitative estimate of drug-likeness (QED) is 0.504. The fourth-order valence-corrected chi connectivity index (χ4v) is 2.90. The molecule has 4 aliphatic heterocycles. The van der Waals surface area contributed by atoms with Gasteiger partial charge in [-0.15, -0.1) is 0 Å². The second-order valence-electron chi connectivity index (χ2n) is 4.55. The molecule has 13 heavy (non-hydrogen) atoms. The van der Waals surface area contributed by atoms with Crippen molar-refractivity contribution >= 4 is 11.9 Å². The molecule has 5 fully saturated rings. The summed E-state index contributed by atoms with van der Waals surface area (Å²) in [6.45, 7) is 0.863. The first-order chi connectivity index (χ1) is 6.14. The van der Waals surface area contributed by atoms with Gasteiger partial charge >= 0.3 is 11.9 Å². The molecular formula is C9H10O4. The van der Waals surface area contributed by atoms with E-state index in [1.807, 2.05) is 0 Å². The third-order valence-electron chi connectivity index (χ3n) is 3.39. The number of carbonyl (C=O) groups excluding carboxylic acids is 2. The Labute approximate surface area is 75.2 Å². The summed E-state index contributed by atoms with van der Waals surface area (Å²) in [6, 6.07) is 0. The van der Waals surface area contributed by atoms with E-state index in [1.54, 1.807) is 0 Å². The van der Waals surface area contributed by atoms with Crippen LogP contribution in [-0.2, 0) is 19.1 Å². The number of esters is 2. The zero-order valence-electron chi connectivity index (χ0n) is 7.17. The molecule has 0 spiro atoms. The van der Waals surface area contributed by atoms with Gasteiger partial charge in [-0.2, -0.15) is 0 Å². The van der Waals surface area contributed by atoms with Crippen LogP contribution in [0.5, 0.6) is 0 Å². The predicted octanol–water partition coefficient (Wildman–Crippen LogP) is 0.257. The van der Waals surface area contributed by atoms with Crippen LogP contribution in [0, 0.1) is 10.8 Å². The van der Waals surface area contributed by atoms with Crippen LogP contribution in [0.1, 0.15) is 19.3 Å². The SMILES string of the molecule is O=C1CC23CC(CO1)(COC2=O)C3. The van der Waals surface area contributed by atoms with E-state index in [1.165, 1.54) is 0 Å². The number of fused-ring (bicyclic) bond motifs is 5. The van der Waals surface area contributed by atoms with Crippen molar-refractivity contribution in [1.29, 1.82) is 0 Å². The van der Waals surface area contributed by atoms with Crippen LogP contribution in [0.2, 0.25) is 0 Å². The van der Waals surface area contributed by atoms with E-state index in [2.05, 4.69) is 0 Å². The van der Waals surface area contributed by atoms with E-state index in [4.69, 9.17) is 9.47 Å². The Bertz CT molecular complexity index is 301. The van der Waals surface area contributed by atoms with Crippen LogP contribution >= 0.6 is 0 Å². The molecule has 4 nitrogen and oxygen atoms in total. The molecule has 1 aliphatic carbocycles. The summed E-state index contributed by atoms with van der Waals surface area (Å²) < 4.78 is 10.1. The zero-order valence-corrected chi connectivity index (χ0v) is 7.17. The third kappa shape index (κ3) is 0.759. The van der Waals surface area contributed by atoms with Crippen LogP contribution in [-0.4, -0.2) is 25.2 Å². The van der Waals surface area contributed by atoms with Crippen molar-refractivity contribution in [3.05, 3.63) is 0 Å². The second kappa shape index (κ2) is 1.89. The fourth-order valence-electron chi connectivity index (χ4n) is 2.90. The molecule has 0 amide bonds. The van der Waals surface area contributed by atoms with Crippen molar-refractivity contribution in [3.63, 3.8) is 0 Å². The number of carbonyl (C=O) groups is 2. The summed E-state index contributed by atoms with van der Waals surface area (Å²) in [7, 11) is 0. The lowest BCUT2D eigenvalue weighted by atomic mass is 9.51. The minimum absolute atomic E-state index is 0.0277. The van der Waals surface area contributed by atoms with Crippen molar-refractivity contribution in [2.45, 2.75) is 19.3 Å². The summed E-state index contributed by atoms with van der Waals surface area (Å²) in [6.07, 6.45) is 1.78. The van der Waals surface area contributed by atoms with Gasteiger partial charge in [-0.05, 0) is 12.8 Å².